The molecule has 1 aromatic heterocycles. The van der Waals surface area contributed by atoms with Crippen molar-refractivity contribution in [2.24, 2.45) is 0 Å². The number of anilines is 1. The molecule has 31 heavy (non-hydrogen) atoms. The van der Waals surface area contributed by atoms with E-state index in [2.05, 4.69) is 13.8 Å². The molecule has 0 bridgehead atoms. The van der Waals surface area contributed by atoms with Crippen LogP contribution in [0.25, 0.3) is 0 Å². The van der Waals surface area contributed by atoms with Gasteiger partial charge in [-0.15, -0.1) is 0 Å². The molecule has 0 amide bonds. The fourth-order valence-electron chi connectivity index (χ4n) is 2.57. The number of phosphoric ester groups is 2. The van der Waals surface area contributed by atoms with E-state index in [9.17, 15) is 23.9 Å². The molecule has 0 saturated carbocycles. The number of nitrogen functional groups attached to an aromatic ring is 1. The van der Waals surface area contributed by atoms with Gasteiger partial charge in [-0.3, -0.25) is 18.1 Å². The number of hydrogen-bond donors (Lipinski definition) is 3. The van der Waals surface area contributed by atoms with Crippen LogP contribution in [-0.2, 0) is 31.7 Å². The molecule has 16 heteroatoms. The van der Waals surface area contributed by atoms with Crippen molar-refractivity contribution in [1.82, 2.24) is 9.55 Å². The van der Waals surface area contributed by atoms with Crippen molar-refractivity contribution in [3.8, 4) is 0 Å². The Labute approximate surface area is 179 Å². The largest absolute Gasteiger partial charge is 0.483 e. The zero-order valence-electron chi connectivity index (χ0n) is 17.7. The Balaban J connectivity index is 1.94. The van der Waals surface area contributed by atoms with Crippen LogP contribution in [0.4, 0.5) is 5.82 Å². The van der Waals surface area contributed by atoms with Gasteiger partial charge in [0.25, 0.3) is 0 Å². The lowest BCUT2D eigenvalue weighted by Gasteiger charge is -2.24. The summed E-state index contributed by atoms with van der Waals surface area (Å²) in [6.07, 6.45) is -1.65. The van der Waals surface area contributed by atoms with Gasteiger partial charge in [0.1, 0.15) is 25.1 Å². The van der Waals surface area contributed by atoms with Gasteiger partial charge in [0.15, 0.2) is 6.23 Å². The Morgan fingerprint density at radius 2 is 2.03 bits per heavy atom. The molecular formula is C15H29N4O10P2+. The third-order valence-electron chi connectivity index (χ3n) is 4.15. The zero-order valence-corrected chi connectivity index (χ0v) is 19.5. The zero-order chi connectivity index (χ0) is 23.4. The van der Waals surface area contributed by atoms with E-state index in [1.807, 2.05) is 21.1 Å². The fraction of sp³-hybridized carbons (Fsp3) is 0.733. The molecule has 14 nitrogen and oxygen atoms in total. The number of aliphatic hydroxyl groups is 1. The summed E-state index contributed by atoms with van der Waals surface area (Å²) >= 11 is 0. The maximum atomic E-state index is 12.6. The van der Waals surface area contributed by atoms with Gasteiger partial charge < -0.3 is 25.0 Å². The van der Waals surface area contributed by atoms with E-state index < -0.39 is 46.4 Å². The van der Waals surface area contributed by atoms with Crippen molar-refractivity contribution in [3.63, 3.8) is 0 Å². The number of rotatable bonds is 11. The highest BCUT2D eigenvalue weighted by Gasteiger charge is 2.41. The maximum Gasteiger partial charge on any atom is 0.483 e. The predicted octanol–water partition coefficient (Wildman–Crippen LogP) is 0.0848. The molecule has 0 aliphatic carbocycles. The standard InChI is InChI=1S/C15H28N4O10P2/c1-19(2,3)7-8-26-30(22,23)29-31(24,25-4)27-10-11-9-12(20)14(28-11)18-6-5-13(16)17-15(18)21/h5-6,11-12,14,20H,7-10H2,1-4H3,(H2-,16,17,21,22,23)/p+1/t11?,12-,14?,31?/m1/s1. The van der Waals surface area contributed by atoms with Crippen LogP contribution in [0.15, 0.2) is 17.1 Å². The highest BCUT2D eigenvalue weighted by atomic mass is 31.3. The Kier molecular flexibility index (Phi) is 8.56. The third-order valence-corrected chi connectivity index (χ3v) is 7.20. The number of aromatic nitrogens is 2. The molecule has 1 fully saturated rings. The van der Waals surface area contributed by atoms with Crippen LogP contribution in [0.2, 0.25) is 0 Å². The average molecular weight is 487 g/mol. The molecule has 1 saturated heterocycles. The first-order valence-electron chi connectivity index (χ1n) is 9.21. The molecule has 0 aromatic carbocycles. The minimum atomic E-state index is -4.74. The number of phosphoric acid groups is 2. The van der Waals surface area contributed by atoms with Crippen molar-refractivity contribution in [1.29, 1.82) is 0 Å². The molecule has 5 atom stereocenters. The summed E-state index contributed by atoms with van der Waals surface area (Å²) in [7, 11) is -2.69. The van der Waals surface area contributed by atoms with Crippen molar-refractivity contribution < 1.29 is 46.2 Å². The molecular weight excluding hydrogens is 458 g/mol. The summed E-state index contributed by atoms with van der Waals surface area (Å²) in [6, 6.07) is 1.37. The highest BCUT2D eigenvalue weighted by Crippen LogP contribution is 2.63. The predicted molar refractivity (Wildman–Crippen MR) is 108 cm³/mol. The molecule has 1 aromatic rings. The minimum absolute atomic E-state index is 0.0159. The summed E-state index contributed by atoms with van der Waals surface area (Å²) in [5.41, 5.74) is 4.72. The van der Waals surface area contributed by atoms with Gasteiger partial charge in [-0.2, -0.15) is 9.29 Å². The maximum absolute atomic E-state index is 12.6. The number of quaternary nitrogens is 1. The number of nitrogens with zero attached hydrogens (tertiary/aromatic N) is 3. The fourth-order valence-corrected chi connectivity index (χ4v) is 4.99. The van der Waals surface area contributed by atoms with Crippen LogP contribution >= 0.6 is 15.6 Å². The van der Waals surface area contributed by atoms with E-state index in [1.165, 1.54) is 12.3 Å². The number of aliphatic hydroxyl groups excluding tert-OH is 1. The average Bonchev–Trinajstić information content (AvgIpc) is 2.99. The summed E-state index contributed by atoms with van der Waals surface area (Å²) in [4.78, 5) is 25.3. The second-order valence-corrected chi connectivity index (χ2v) is 11.2. The first-order chi connectivity index (χ1) is 14.2. The van der Waals surface area contributed by atoms with E-state index in [0.29, 0.717) is 11.0 Å². The van der Waals surface area contributed by atoms with Crippen molar-refractivity contribution in [2.45, 2.75) is 24.9 Å². The summed E-state index contributed by atoms with van der Waals surface area (Å²) in [5.74, 6) is 0.0175. The molecule has 4 unspecified atom stereocenters. The van der Waals surface area contributed by atoms with E-state index >= 15 is 0 Å². The number of nitrogens with two attached hydrogens (primary N) is 1. The van der Waals surface area contributed by atoms with Gasteiger partial charge >= 0.3 is 21.3 Å². The smallest absolute Gasteiger partial charge is 0.388 e. The second kappa shape index (κ2) is 10.2. The van der Waals surface area contributed by atoms with E-state index in [-0.39, 0.29) is 18.8 Å². The monoisotopic (exact) mass is 487 g/mol. The van der Waals surface area contributed by atoms with E-state index in [4.69, 9.17) is 19.5 Å². The molecule has 178 valence electrons. The normalized spacial score (nSPS) is 25.8. The molecule has 1 aliphatic heterocycles. The Morgan fingerprint density at radius 3 is 2.61 bits per heavy atom. The summed E-state index contributed by atoms with van der Waals surface area (Å²) in [5, 5.41) is 10.2. The lowest BCUT2D eigenvalue weighted by Crippen LogP contribution is -2.37. The minimum Gasteiger partial charge on any atom is -0.388 e. The molecule has 4 N–H and O–H groups in total. The van der Waals surface area contributed by atoms with E-state index in [0.717, 1.165) is 11.7 Å². The van der Waals surface area contributed by atoms with Gasteiger partial charge in [0.05, 0.1) is 33.9 Å². The third kappa shape index (κ3) is 8.03. The lowest BCUT2D eigenvalue weighted by atomic mass is 10.2. The van der Waals surface area contributed by atoms with Gasteiger partial charge in [-0.25, -0.2) is 13.9 Å². The molecule has 2 heterocycles. The molecule has 1 aliphatic rings. The van der Waals surface area contributed by atoms with Gasteiger partial charge in [-0.05, 0) is 6.07 Å². The SMILES string of the molecule is COP(=O)(OCC1C[C@@H](O)C(n2ccc(N)nc2=O)O1)OP(=O)(O)OCC[N+](C)(C)C. The molecule has 0 radical (unpaired) electrons. The van der Waals surface area contributed by atoms with Crippen molar-refractivity contribution in [3.05, 3.63) is 22.7 Å². The van der Waals surface area contributed by atoms with Crippen molar-refractivity contribution in [2.75, 3.05) is 53.7 Å². The van der Waals surface area contributed by atoms with Crippen LogP contribution in [0.5, 0.6) is 0 Å². The number of hydrogen-bond acceptors (Lipinski definition) is 11. The van der Waals surface area contributed by atoms with Crippen LogP contribution in [0, 0.1) is 0 Å². The Hall–Kier alpha value is -1.18. The van der Waals surface area contributed by atoms with Crippen LogP contribution in [0.1, 0.15) is 12.6 Å². The van der Waals surface area contributed by atoms with Gasteiger partial charge in [-0.1, -0.05) is 0 Å². The number of ether oxygens (including phenoxy) is 1. The second-order valence-electron chi connectivity index (χ2n) is 7.82. The first kappa shape index (κ1) is 26.1. The summed E-state index contributed by atoms with van der Waals surface area (Å²) < 4.78 is 50.8. The molecule has 2 rings (SSSR count). The topological polar surface area (TPSA) is 182 Å². The number of likely N-dealkylation sites (N-methyl/N-ethyl adjacent to an activating group) is 1. The van der Waals surface area contributed by atoms with Crippen molar-refractivity contribution >= 4 is 21.5 Å². The van der Waals surface area contributed by atoms with Gasteiger partial charge in [0.2, 0.25) is 0 Å². The lowest BCUT2D eigenvalue weighted by molar-refractivity contribution is -0.870. The Morgan fingerprint density at radius 1 is 1.35 bits per heavy atom. The molecule has 0 spiro atoms. The Bertz CT molecular complexity index is 905. The van der Waals surface area contributed by atoms with Crippen LogP contribution in [-0.4, -0.2) is 84.3 Å². The first-order valence-corrected chi connectivity index (χ1v) is 12.2. The summed E-state index contributed by atoms with van der Waals surface area (Å²) in [6.45, 7) is -0.166. The quantitative estimate of drug-likeness (QED) is 0.283. The van der Waals surface area contributed by atoms with Crippen LogP contribution < -0.4 is 11.4 Å². The highest BCUT2D eigenvalue weighted by molar-refractivity contribution is 7.61. The van der Waals surface area contributed by atoms with E-state index in [1.54, 1.807) is 0 Å². The van der Waals surface area contributed by atoms with Crippen LogP contribution in [0.3, 0.4) is 0 Å². The van der Waals surface area contributed by atoms with Gasteiger partial charge in [0, 0.05) is 19.7 Å².